The Bertz CT molecular complexity index is 925. The number of nitriles is 1. The van der Waals surface area contributed by atoms with Crippen molar-refractivity contribution in [1.29, 1.82) is 5.26 Å². The molecular formula is C24H30F2N4O4. The van der Waals surface area contributed by atoms with E-state index in [9.17, 15) is 23.6 Å². The topological polar surface area (TPSA) is 104 Å². The second kappa shape index (κ2) is 9.47. The normalized spacial score (nSPS) is 22.5. The zero-order valence-electron chi connectivity index (χ0n) is 19.2. The number of benzene rings is 1. The fourth-order valence-electron chi connectivity index (χ4n) is 4.37. The maximum atomic E-state index is 13.7. The van der Waals surface area contributed by atoms with Crippen LogP contribution in [0.15, 0.2) is 30.3 Å². The first-order valence-corrected chi connectivity index (χ1v) is 11.6. The Morgan fingerprint density at radius 2 is 1.79 bits per heavy atom. The van der Waals surface area contributed by atoms with Crippen LogP contribution in [0.4, 0.5) is 13.6 Å². The number of ether oxygens (including phenoxy) is 2. The van der Waals surface area contributed by atoms with Gasteiger partial charge in [-0.1, -0.05) is 30.3 Å². The molecule has 1 aromatic rings. The largest absolute Gasteiger partial charge is 0.349 e. The number of likely N-dealkylation sites (tertiary alicyclic amines) is 1. The van der Waals surface area contributed by atoms with Crippen LogP contribution < -0.4 is 10.6 Å². The summed E-state index contributed by atoms with van der Waals surface area (Å²) in [5.74, 6) is -4.55. The number of alkyl halides is 2. The number of hydrogen-bond donors (Lipinski definition) is 2. The summed E-state index contributed by atoms with van der Waals surface area (Å²) in [6, 6.07) is 9.94. The van der Waals surface area contributed by atoms with Crippen molar-refractivity contribution >= 4 is 11.9 Å². The molecule has 10 heteroatoms. The van der Waals surface area contributed by atoms with E-state index < -0.39 is 41.6 Å². The molecule has 1 spiro atoms. The predicted octanol–water partition coefficient (Wildman–Crippen LogP) is 2.90. The Morgan fingerprint density at radius 3 is 2.32 bits per heavy atom. The fourth-order valence-corrected chi connectivity index (χ4v) is 4.37. The molecule has 1 aliphatic carbocycles. The molecule has 3 amide bonds. The third kappa shape index (κ3) is 5.83. The average Bonchev–Trinajstić information content (AvgIpc) is 3.59. The van der Waals surface area contributed by atoms with Crippen LogP contribution >= 0.6 is 0 Å². The maximum absolute atomic E-state index is 13.7. The van der Waals surface area contributed by atoms with Crippen molar-refractivity contribution < 1.29 is 27.8 Å². The molecule has 34 heavy (non-hydrogen) atoms. The lowest BCUT2D eigenvalue weighted by Crippen LogP contribution is -2.58. The quantitative estimate of drug-likeness (QED) is 0.657. The number of rotatable bonds is 6. The molecule has 0 bridgehead atoms. The summed E-state index contributed by atoms with van der Waals surface area (Å²) in [6.07, 6.45) is 0.979. The molecule has 2 N–H and O–H groups in total. The Balaban J connectivity index is 1.30. The van der Waals surface area contributed by atoms with Crippen LogP contribution in [0.1, 0.15) is 50.5 Å². The van der Waals surface area contributed by atoms with Crippen LogP contribution in [0, 0.1) is 11.3 Å². The molecule has 3 fully saturated rings. The molecule has 1 saturated carbocycles. The standard InChI is InChI=1S/C24H30F2N4O4/c1-22(25,26)13-19(20(31)29-23(16-27)7-8-23)28-21(32)30-11-9-24(10-12-30)33-14-18(15-34-24)17-5-3-2-4-6-17/h2-6,18-19H,7-15H2,1H3,(H,28,32)(H,29,31). The minimum atomic E-state index is -3.16. The lowest BCUT2D eigenvalue weighted by molar-refractivity contribution is -0.287. The number of hydrogen-bond acceptors (Lipinski definition) is 5. The van der Waals surface area contributed by atoms with Crippen LogP contribution in [0.5, 0.6) is 0 Å². The molecule has 1 unspecified atom stereocenters. The Labute approximate surface area is 197 Å². The van der Waals surface area contributed by atoms with E-state index in [1.165, 1.54) is 4.90 Å². The highest BCUT2D eigenvalue weighted by molar-refractivity contribution is 5.88. The lowest BCUT2D eigenvalue weighted by atomic mass is 9.97. The van der Waals surface area contributed by atoms with Crippen molar-refractivity contribution in [1.82, 2.24) is 15.5 Å². The van der Waals surface area contributed by atoms with E-state index in [0.29, 0.717) is 58.9 Å². The number of amides is 3. The average molecular weight is 477 g/mol. The van der Waals surface area contributed by atoms with Gasteiger partial charge in [0.25, 0.3) is 0 Å². The van der Waals surface area contributed by atoms with Gasteiger partial charge < -0.3 is 25.0 Å². The molecule has 2 heterocycles. The van der Waals surface area contributed by atoms with E-state index in [2.05, 4.69) is 10.6 Å². The molecule has 2 aliphatic heterocycles. The molecule has 1 atom stereocenters. The van der Waals surface area contributed by atoms with Gasteiger partial charge in [-0.15, -0.1) is 0 Å². The minimum absolute atomic E-state index is 0.145. The fraction of sp³-hybridized carbons (Fsp3) is 0.625. The van der Waals surface area contributed by atoms with E-state index in [1.807, 2.05) is 36.4 Å². The van der Waals surface area contributed by atoms with Crippen molar-refractivity contribution in [2.45, 2.75) is 68.2 Å². The Kier molecular flexibility index (Phi) is 6.78. The monoisotopic (exact) mass is 476 g/mol. The third-order valence-electron chi connectivity index (χ3n) is 6.68. The number of halogens is 2. The first-order chi connectivity index (χ1) is 16.1. The molecule has 184 valence electrons. The van der Waals surface area contributed by atoms with Crippen LogP contribution in [0.25, 0.3) is 0 Å². The summed E-state index contributed by atoms with van der Waals surface area (Å²) in [6.45, 7) is 2.35. The van der Waals surface area contributed by atoms with E-state index >= 15 is 0 Å². The second-order valence-corrected chi connectivity index (χ2v) is 9.59. The molecule has 8 nitrogen and oxygen atoms in total. The Morgan fingerprint density at radius 1 is 1.18 bits per heavy atom. The van der Waals surface area contributed by atoms with Crippen LogP contribution in [-0.2, 0) is 14.3 Å². The van der Waals surface area contributed by atoms with Crippen LogP contribution in [-0.4, -0.2) is 66.4 Å². The van der Waals surface area contributed by atoms with Crippen LogP contribution in [0.3, 0.4) is 0 Å². The molecule has 2 saturated heterocycles. The summed E-state index contributed by atoms with van der Waals surface area (Å²) in [5, 5.41) is 14.1. The van der Waals surface area contributed by atoms with Gasteiger partial charge in [-0.05, 0) is 25.3 Å². The van der Waals surface area contributed by atoms with Gasteiger partial charge in [-0.3, -0.25) is 4.79 Å². The minimum Gasteiger partial charge on any atom is -0.349 e. The van der Waals surface area contributed by atoms with E-state index in [0.717, 1.165) is 5.56 Å². The molecule has 0 aromatic heterocycles. The molecule has 1 aromatic carbocycles. The number of carbonyl (C=O) groups is 2. The van der Waals surface area contributed by atoms with Crippen molar-refractivity contribution in [2.75, 3.05) is 26.3 Å². The van der Waals surface area contributed by atoms with Gasteiger partial charge in [0, 0.05) is 38.3 Å². The maximum Gasteiger partial charge on any atom is 0.318 e. The van der Waals surface area contributed by atoms with Gasteiger partial charge in [0.15, 0.2) is 5.79 Å². The van der Waals surface area contributed by atoms with Gasteiger partial charge in [0.2, 0.25) is 11.8 Å². The molecular weight excluding hydrogens is 446 g/mol. The number of nitrogens with one attached hydrogen (secondary N) is 2. The SMILES string of the molecule is CC(F)(F)CC(NC(=O)N1CCC2(CC1)OCC(c1ccccc1)CO2)C(=O)NC1(C#N)CC1. The van der Waals surface area contributed by atoms with Gasteiger partial charge in [0.1, 0.15) is 11.6 Å². The Hall–Kier alpha value is -2.77. The molecule has 4 rings (SSSR count). The summed E-state index contributed by atoms with van der Waals surface area (Å²) in [7, 11) is 0. The summed E-state index contributed by atoms with van der Waals surface area (Å²) in [5.41, 5.74) is 0.143. The van der Waals surface area contributed by atoms with Gasteiger partial charge in [-0.25, -0.2) is 13.6 Å². The zero-order valence-corrected chi connectivity index (χ0v) is 19.2. The first kappa shape index (κ1) is 24.4. The molecule has 3 aliphatic rings. The van der Waals surface area contributed by atoms with E-state index in [4.69, 9.17) is 9.47 Å². The zero-order chi connectivity index (χ0) is 24.4. The highest BCUT2D eigenvalue weighted by Gasteiger charge is 2.47. The van der Waals surface area contributed by atoms with E-state index in [1.54, 1.807) is 0 Å². The van der Waals surface area contributed by atoms with E-state index in [-0.39, 0.29) is 5.92 Å². The highest BCUT2D eigenvalue weighted by Crippen LogP contribution is 2.36. The smallest absolute Gasteiger partial charge is 0.318 e. The van der Waals surface area contributed by atoms with Gasteiger partial charge in [-0.2, -0.15) is 5.26 Å². The van der Waals surface area contributed by atoms with Gasteiger partial charge in [0.05, 0.1) is 19.3 Å². The number of nitrogens with zero attached hydrogens (tertiary/aromatic N) is 2. The summed E-state index contributed by atoms with van der Waals surface area (Å²) >= 11 is 0. The number of urea groups is 1. The van der Waals surface area contributed by atoms with Crippen molar-refractivity contribution in [2.24, 2.45) is 0 Å². The third-order valence-corrected chi connectivity index (χ3v) is 6.68. The van der Waals surface area contributed by atoms with Crippen molar-refractivity contribution in [3.05, 3.63) is 35.9 Å². The lowest BCUT2D eigenvalue weighted by Gasteiger charge is -2.45. The first-order valence-electron chi connectivity index (χ1n) is 11.6. The van der Waals surface area contributed by atoms with Crippen molar-refractivity contribution in [3.63, 3.8) is 0 Å². The van der Waals surface area contributed by atoms with Crippen LogP contribution in [0.2, 0.25) is 0 Å². The van der Waals surface area contributed by atoms with Crippen molar-refractivity contribution in [3.8, 4) is 6.07 Å². The number of piperidine rings is 1. The highest BCUT2D eigenvalue weighted by atomic mass is 19.3. The van der Waals surface area contributed by atoms with Gasteiger partial charge >= 0.3 is 6.03 Å². The predicted molar refractivity (Wildman–Crippen MR) is 118 cm³/mol. The second-order valence-electron chi connectivity index (χ2n) is 9.59. The number of carbonyl (C=O) groups excluding carboxylic acids is 2. The summed E-state index contributed by atoms with van der Waals surface area (Å²) < 4.78 is 39.6. The molecule has 0 radical (unpaired) electrons. The summed E-state index contributed by atoms with van der Waals surface area (Å²) in [4.78, 5) is 26.9.